The van der Waals surface area contributed by atoms with Crippen LogP contribution in [0.1, 0.15) is 56.3 Å². The molecule has 1 amide bonds. The molecule has 1 aromatic rings. The Bertz CT molecular complexity index is 504. The van der Waals surface area contributed by atoms with Crippen molar-refractivity contribution in [1.82, 2.24) is 5.32 Å². The van der Waals surface area contributed by atoms with E-state index in [0.29, 0.717) is 24.1 Å². The second-order valence-corrected chi connectivity index (χ2v) is 7.43. The van der Waals surface area contributed by atoms with Crippen molar-refractivity contribution in [3.8, 4) is 0 Å². The predicted molar refractivity (Wildman–Crippen MR) is 91.4 cm³/mol. The number of hydrogen-bond donors (Lipinski definition) is 1. The highest BCUT2D eigenvalue weighted by Crippen LogP contribution is 2.21. The fraction of sp³-hybridized carbons (Fsp3) is 0.556. The number of rotatable bonds is 7. The van der Waals surface area contributed by atoms with Crippen molar-refractivity contribution < 1.29 is 9.59 Å². The zero-order valence-corrected chi connectivity index (χ0v) is 14.2. The summed E-state index contributed by atoms with van der Waals surface area (Å²) >= 11 is 1.52. The number of carbonyl (C=O) groups excluding carboxylic acids is 2. The summed E-state index contributed by atoms with van der Waals surface area (Å²) in [6, 6.07) is 7.97. The molecule has 0 aromatic heterocycles. The van der Waals surface area contributed by atoms with Crippen LogP contribution in [0.2, 0.25) is 0 Å². The molecule has 22 heavy (non-hydrogen) atoms. The van der Waals surface area contributed by atoms with Gasteiger partial charge in [0.05, 0.1) is 5.75 Å². The summed E-state index contributed by atoms with van der Waals surface area (Å²) in [7, 11) is 0. The van der Waals surface area contributed by atoms with E-state index in [9.17, 15) is 9.59 Å². The molecule has 0 atom stereocenters. The number of thioether (sulfide) groups is 1. The lowest BCUT2D eigenvalue weighted by atomic mass is 10.0. The molecule has 1 aliphatic rings. The minimum absolute atomic E-state index is 0.108. The Morgan fingerprint density at radius 3 is 2.41 bits per heavy atom. The number of hydrogen-bond acceptors (Lipinski definition) is 3. The number of carbonyl (C=O) groups is 2. The molecule has 1 N–H and O–H groups in total. The van der Waals surface area contributed by atoms with E-state index in [0.717, 1.165) is 23.3 Å². The molecular weight excluding hydrogens is 294 g/mol. The maximum Gasteiger partial charge on any atom is 0.230 e. The SMILES string of the molecule is CC(C)CC(=O)c1ccc(SCC(=O)NC2CCCC2)cc1. The molecule has 3 nitrogen and oxygen atoms in total. The molecule has 1 fully saturated rings. The highest BCUT2D eigenvalue weighted by Gasteiger charge is 2.17. The quantitative estimate of drug-likeness (QED) is 0.609. The number of benzene rings is 1. The summed E-state index contributed by atoms with van der Waals surface area (Å²) in [6.07, 6.45) is 5.26. The van der Waals surface area contributed by atoms with Gasteiger partial charge in [0, 0.05) is 22.9 Å². The van der Waals surface area contributed by atoms with Crippen LogP contribution < -0.4 is 5.32 Å². The summed E-state index contributed by atoms with van der Waals surface area (Å²) in [5.41, 5.74) is 0.758. The molecule has 0 radical (unpaired) electrons. The van der Waals surface area contributed by atoms with Crippen LogP contribution >= 0.6 is 11.8 Å². The molecule has 4 heteroatoms. The molecule has 1 saturated carbocycles. The average molecular weight is 319 g/mol. The van der Waals surface area contributed by atoms with Gasteiger partial charge in [0.25, 0.3) is 0 Å². The third-order valence-electron chi connectivity index (χ3n) is 3.86. The van der Waals surface area contributed by atoms with E-state index in [-0.39, 0.29) is 11.7 Å². The van der Waals surface area contributed by atoms with Gasteiger partial charge >= 0.3 is 0 Å². The predicted octanol–water partition coefficient (Wildman–Crippen LogP) is 4.07. The van der Waals surface area contributed by atoms with Crippen molar-refractivity contribution in [2.24, 2.45) is 5.92 Å². The van der Waals surface area contributed by atoms with Gasteiger partial charge in [0.1, 0.15) is 0 Å². The highest BCUT2D eigenvalue weighted by molar-refractivity contribution is 8.00. The maximum absolute atomic E-state index is 12.0. The summed E-state index contributed by atoms with van der Waals surface area (Å²) in [4.78, 5) is 24.9. The molecule has 1 aromatic carbocycles. The Morgan fingerprint density at radius 1 is 1.18 bits per heavy atom. The lowest BCUT2D eigenvalue weighted by Gasteiger charge is -2.11. The Morgan fingerprint density at radius 2 is 1.82 bits per heavy atom. The Labute approximate surface area is 137 Å². The zero-order valence-electron chi connectivity index (χ0n) is 13.4. The largest absolute Gasteiger partial charge is 0.353 e. The zero-order chi connectivity index (χ0) is 15.9. The van der Waals surface area contributed by atoms with Crippen LogP contribution in [0.4, 0.5) is 0 Å². The van der Waals surface area contributed by atoms with E-state index in [4.69, 9.17) is 0 Å². The van der Waals surface area contributed by atoms with Gasteiger partial charge in [0.2, 0.25) is 5.91 Å². The van der Waals surface area contributed by atoms with Crippen molar-refractivity contribution in [3.05, 3.63) is 29.8 Å². The van der Waals surface area contributed by atoms with Crippen molar-refractivity contribution >= 4 is 23.5 Å². The highest BCUT2D eigenvalue weighted by atomic mass is 32.2. The first kappa shape index (κ1) is 17.1. The Kier molecular flexibility index (Phi) is 6.49. The van der Waals surface area contributed by atoms with Gasteiger partial charge in [-0.15, -0.1) is 11.8 Å². The molecule has 0 aliphatic heterocycles. The maximum atomic E-state index is 12.0. The lowest BCUT2D eigenvalue weighted by molar-refractivity contribution is -0.119. The molecular formula is C18H25NO2S. The van der Waals surface area contributed by atoms with Crippen LogP contribution in [-0.2, 0) is 4.79 Å². The topological polar surface area (TPSA) is 46.2 Å². The fourth-order valence-corrected chi connectivity index (χ4v) is 3.42. The second kappa shape index (κ2) is 8.37. The minimum atomic E-state index is 0.108. The Hall–Kier alpha value is -1.29. The van der Waals surface area contributed by atoms with Gasteiger partial charge in [0.15, 0.2) is 5.78 Å². The van der Waals surface area contributed by atoms with E-state index < -0.39 is 0 Å². The monoisotopic (exact) mass is 319 g/mol. The van der Waals surface area contributed by atoms with Crippen molar-refractivity contribution in [2.75, 3.05) is 5.75 Å². The first-order valence-electron chi connectivity index (χ1n) is 8.10. The van der Waals surface area contributed by atoms with E-state index in [2.05, 4.69) is 5.32 Å². The van der Waals surface area contributed by atoms with Crippen LogP contribution in [0, 0.1) is 5.92 Å². The number of Topliss-reactive ketones (excluding diaryl/α,β-unsaturated/α-hetero) is 1. The number of amides is 1. The normalized spacial score (nSPS) is 15.2. The molecule has 0 spiro atoms. The van der Waals surface area contributed by atoms with Gasteiger partial charge < -0.3 is 5.32 Å². The number of nitrogens with one attached hydrogen (secondary N) is 1. The van der Waals surface area contributed by atoms with Crippen LogP contribution in [0.25, 0.3) is 0 Å². The van der Waals surface area contributed by atoms with Gasteiger partial charge in [-0.2, -0.15) is 0 Å². The van der Waals surface area contributed by atoms with Crippen molar-refractivity contribution in [3.63, 3.8) is 0 Å². The van der Waals surface area contributed by atoms with Crippen LogP contribution in [0.15, 0.2) is 29.2 Å². The summed E-state index contributed by atoms with van der Waals surface area (Å²) in [5, 5.41) is 3.09. The van der Waals surface area contributed by atoms with Gasteiger partial charge in [-0.25, -0.2) is 0 Å². The molecule has 2 rings (SSSR count). The minimum Gasteiger partial charge on any atom is -0.353 e. The third-order valence-corrected chi connectivity index (χ3v) is 4.87. The van der Waals surface area contributed by atoms with Crippen LogP contribution in [0.3, 0.4) is 0 Å². The first-order chi connectivity index (χ1) is 10.5. The van der Waals surface area contributed by atoms with Crippen LogP contribution in [0.5, 0.6) is 0 Å². The first-order valence-corrected chi connectivity index (χ1v) is 9.08. The second-order valence-electron chi connectivity index (χ2n) is 6.38. The van der Waals surface area contributed by atoms with E-state index in [1.807, 2.05) is 38.1 Å². The van der Waals surface area contributed by atoms with E-state index in [1.54, 1.807) is 0 Å². The molecule has 0 bridgehead atoms. The fourth-order valence-electron chi connectivity index (χ4n) is 2.71. The molecule has 120 valence electrons. The lowest BCUT2D eigenvalue weighted by Crippen LogP contribution is -2.33. The van der Waals surface area contributed by atoms with Gasteiger partial charge in [-0.3, -0.25) is 9.59 Å². The Balaban J connectivity index is 1.78. The number of ketones is 1. The molecule has 0 saturated heterocycles. The van der Waals surface area contributed by atoms with Crippen molar-refractivity contribution in [1.29, 1.82) is 0 Å². The van der Waals surface area contributed by atoms with E-state index >= 15 is 0 Å². The van der Waals surface area contributed by atoms with E-state index in [1.165, 1.54) is 24.6 Å². The summed E-state index contributed by atoms with van der Waals surface area (Å²) in [6.45, 7) is 4.09. The smallest absolute Gasteiger partial charge is 0.230 e. The molecule has 1 aliphatic carbocycles. The standard InChI is InChI=1S/C18H25NO2S/c1-13(2)11-17(20)14-7-9-16(10-8-14)22-12-18(21)19-15-5-3-4-6-15/h7-10,13,15H,3-6,11-12H2,1-2H3,(H,19,21). The van der Waals surface area contributed by atoms with Gasteiger partial charge in [-0.05, 0) is 30.9 Å². The molecule has 0 unspecified atom stereocenters. The molecule has 0 heterocycles. The average Bonchev–Trinajstić information content (AvgIpc) is 2.98. The van der Waals surface area contributed by atoms with Crippen LogP contribution in [-0.4, -0.2) is 23.5 Å². The summed E-state index contributed by atoms with van der Waals surface area (Å²) in [5.74, 6) is 1.11. The van der Waals surface area contributed by atoms with Gasteiger partial charge in [-0.1, -0.05) is 38.8 Å². The third kappa shape index (κ3) is 5.48. The van der Waals surface area contributed by atoms with Crippen molar-refractivity contribution in [2.45, 2.75) is 56.9 Å². The summed E-state index contributed by atoms with van der Waals surface area (Å²) < 4.78 is 0.